The summed E-state index contributed by atoms with van der Waals surface area (Å²) in [6.07, 6.45) is 1.74. The molecule has 0 spiro atoms. The molecule has 168 valence electrons. The first-order chi connectivity index (χ1) is 15.6. The van der Waals surface area contributed by atoms with Gasteiger partial charge in [0.15, 0.2) is 5.92 Å². The summed E-state index contributed by atoms with van der Waals surface area (Å²) >= 11 is 0. The first-order valence-corrected chi connectivity index (χ1v) is 11.3. The third-order valence-corrected chi connectivity index (χ3v) is 5.75. The number of unbranched alkanes of at least 4 members (excludes halogenated alkanes) is 1. The van der Waals surface area contributed by atoms with Crippen molar-refractivity contribution >= 4 is 28.9 Å². The average molecular weight is 436 g/mol. The number of imidazole rings is 1. The Hall–Kier alpha value is -3.35. The lowest BCUT2D eigenvalue weighted by atomic mass is 9.89. The predicted molar refractivity (Wildman–Crippen MR) is 123 cm³/mol. The third-order valence-electron chi connectivity index (χ3n) is 5.75. The summed E-state index contributed by atoms with van der Waals surface area (Å²) in [4.78, 5) is 33.2. The Morgan fingerprint density at radius 3 is 2.47 bits per heavy atom. The number of hydrogen-bond donors (Lipinski definition) is 0. The highest BCUT2D eigenvalue weighted by molar-refractivity contribution is 6.08. The van der Waals surface area contributed by atoms with Gasteiger partial charge in [-0.2, -0.15) is 0 Å². The van der Waals surface area contributed by atoms with Crippen molar-refractivity contribution in [2.24, 2.45) is 5.92 Å². The Morgan fingerprint density at radius 1 is 1.03 bits per heavy atom. The molecule has 0 aliphatic carbocycles. The summed E-state index contributed by atoms with van der Waals surface area (Å²) in [6, 6.07) is 14.8. The minimum Gasteiger partial charge on any atom is -0.494 e. The van der Waals surface area contributed by atoms with E-state index in [-0.39, 0.29) is 12.5 Å². The number of benzene rings is 2. The summed E-state index contributed by atoms with van der Waals surface area (Å²) in [5, 5.41) is 0. The zero-order valence-corrected chi connectivity index (χ0v) is 18.8. The molecule has 32 heavy (non-hydrogen) atoms. The smallest absolute Gasteiger partial charge is 0.321 e. The number of nitrogens with zero attached hydrogens (tertiary/aromatic N) is 3. The van der Waals surface area contributed by atoms with Gasteiger partial charge in [-0.1, -0.05) is 37.6 Å². The number of fused-ring (bicyclic) bond motifs is 3. The van der Waals surface area contributed by atoms with Crippen molar-refractivity contribution in [3.8, 4) is 5.75 Å². The molecule has 1 aliphatic heterocycles. The van der Waals surface area contributed by atoms with Crippen LogP contribution in [-0.4, -0.2) is 41.2 Å². The molecule has 2 atom stereocenters. The molecule has 1 aromatic heterocycles. The number of esters is 1. The monoisotopic (exact) mass is 435 g/mol. The topological polar surface area (TPSA) is 73.7 Å². The van der Waals surface area contributed by atoms with E-state index in [4.69, 9.17) is 14.5 Å². The van der Waals surface area contributed by atoms with Gasteiger partial charge in [0.25, 0.3) is 0 Å². The van der Waals surface area contributed by atoms with Gasteiger partial charge >= 0.3 is 5.97 Å². The van der Waals surface area contributed by atoms with Crippen LogP contribution in [-0.2, 0) is 14.3 Å². The molecule has 3 aromatic rings. The fourth-order valence-corrected chi connectivity index (χ4v) is 4.30. The van der Waals surface area contributed by atoms with Crippen molar-refractivity contribution in [1.82, 2.24) is 9.55 Å². The van der Waals surface area contributed by atoms with Gasteiger partial charge in [0.2, 0.25) is 11.9 Å². The molecule has 2 aromatic carbocycles. The van der Waals surface area contributed by atoms with E-state index >= 15 is 0 Å². The predicted octanol–water partition coefficient (Wildman–Crippen LogP) is 4.35. The van der Waals surface area contributed by atoms with E-state index in [1.165, 1.54) is 0 Å². The van der Waals surface area contributed by atoms with Gasteiger partial charge in [-0.15, -0.1) is 0 Å². The van der Waals surface area contributed by atoms with Gasteiger partial charge in [-0.25, -0.2) is 4.98 Å². The van der Waals surface area contributed by atoms with Gasteiger partial charge in [-0.3, -0.25) is 14.5 Å². The Labute approximate surface area is 187 Å². The molecule has 0 bridgehead atoms. The highest BCUT2D eigenvalue weighted by Crippen LogP contribution is 2.41. The fourth-order valence-electron chi connectivity index (χ4n) is 4.30. The van der Waals surface area contributed by atoms with Crippen LogP contribution in [0.5, 0.6) is 5.75 Å². The second-order valence-electron chi connectivity index (χ2n) is 7.79. The Morgan fingerprint density at radius 2 is 1.78 bits per heavy atom. The molecule has 0 saturated heterocycles. The molecule has 2 heterocycles. The minimum absolute atomic E-state index is 0.213. The molecule has 1 amide bonds. The molecule has 0 unspecified atom stereocenters. The zero-order valence-electron chi connectivity index (χ0n) is 18.8. The van der Waals surface area contributed by atoms with E-state index in [2.05, 4.69) is 6.92 Å². The lowest BCUT2D eigenvalue weighted by Crippen LogP contribution is -2.50. The van der Waals surface area contributed by atoms with E-state index in [1.807, 2.05) is 60.0 Å². The minimum atomic E-state index is -0.991. The quantitative estimate of drug-likeness (QED) is 0.388. The molecule has 7 heteroatoms. The number of rotatable bonds is 8. The first-order valence-electron chi connectivity index (χ1n) is 11.3. The highest BCUT2D eigenvalue weighted by atomic mass is 16.5. The number of carbonyl (C=O) groups excluding carboxylic acids is 2. The Kier molecular flexibility index (Phi) is 6.44. The van der Waals surface area contributed by atoms with Crippen LogP contribution in [0.15, 0.2) is 48.5 Å². The first kappa shape index (κ1) is 21.9. The third kappa shape index (κ3) is 3.83. The molecule has 7 nitrogen and oxygen atoms in total. The SMILES string of the molecule is CCCCN1C(=O)[C@@H](C(=O)OCC)[C@@H](c2ccc(OCC)cc2)n2c1nc1ccccc12. The number of hydrogen-bond acceptors (Lipinski definition) is 5. The summed E-state index contributed by atoms with van der Waals surface area (Å²) < 4.78 is 13.0. The van der Waals surface area contributed by atoms with Crippen molar-refractivity contribution in [3.05, 3.63) is 54.1 Å². The number of para-hydroxylation sites is 2. The van der Waals surface area contributed by atoms with Gasteiger partial charge in [-0.05, 0) is 50.1 Å². The normalized spacial score (nSPS) is 18.0. The largest absolute Gasteiger partial charge is 0.494 e. The Bertz CT molecular complexity index is 1110. The maximum Gasteiger partial charge on any atom is 0.321 e. The summed E-state index contributed by atoms with van der Waals surface area (Å²) in [5.41, 5.74) is 2.50. The highest BCUT2D eigenvalue weighted by Gasteiger charge is 2.47. The maximum atomic E-state index is 13.7. The summed E-state index contributed by atoms with van der Waals surface area (Å²) in [7, 11) is 0. The summed E-state index contributed by atoms with van der Waals surface area (Å²) in [6.45, 7) is 7.04. The maximum absolute atomic E-state index is 13.7. The molecular weight excluding hydrogens is 406 g/mol. The van der Waals surface area contributed by atoms with Crippen LogP contribution in [0.1, 0.15) is 45.2 Å². The number of carbonyl (C=O) groups is 2. The van der Waals surface area contributed by atoms with Crippen LogP contribution in [0.2, 0.25) is 0 Å². The van der Waals surface area contributed by atoms with Crippen LogP contribution in [0.25, 0.3) is 11.0 Å². The molecule has 1 aliphatic rings. The van der Waals surface area contributed by atoms with E-state index < -0.39 is 17.9 Å². The Balaban J connectivity index is 1.92. The van der Waals surface area contributed by atoms with Crippen molar-refractivity contribution in [2.45, 2.75) is 39.7 Å². The second-order valence-corrected chi connectivity index (χ2v) is 7.79. The zero-order chi connectivity index (χ0) is 22.7. The van der Waals surface area contributed by atoms with Crippen molar-refractivity contribution in [2.75, 3.05) is 24.7 Å². The van der Waals surface area contributed by atoms with Gasteiger partial charge < -0.3 is 14.0 Å². The van der Waals surface area contributed by atoms with E-state index in [1.54, 1.807) is 11.8 Å². The lowest BCUT2D eigenvalue weighted by Gasteiger charge is -2.38. The average Bonchev–Trinajstić information content (AvgIpc) is 3.18. The van der Waals surface area contributed by atoms with Crippen LogP contribution in [0.3, 0.4) is 0 Å². The van der Waals surface area contributed by atoms with E-state index in [0.29, 0.717) is 19.1 Å². The summed E-state index contributed by atoms with van der Waals surface area (Å²) in [5.74, 6) is -0.454. The number of ether oxygens (including phenoxy) is 2. The number of aromatic nitrogens is 2. The standard InChI is InChI=1S/C25H29N3O4/c1-4-7-16-27-23(29)21(24(30)32-6-3)22(17-12-14-18(15-13-17)31-5-2)28-20-11-9-8-10-19(20)26-25(27)28/h8-15,21-22H,4-7,16H2,1-3H3/t21-,22+/m0/s1. The van der Waals surface area contributed by atoms with Crippen molar-refractivity contribution < 1.29 is 19.1 Å². The number of anilines is 1. The van der Waals surface area contributed by atoms with Crippen molar-refractivity contribution in [1.29, 1.82) is 0 Å². The van der Waals surface area contributed by atoms with Crippen molar-refractivity contribution in [3.63, 3.8) is 0 Å². The second kappa shape index (κ2) is 9.42. The molecule has 0 saturated carbocycles. The molecule has 4 rings (SSSR count). The molecular formula is C25H29N3O4. The van der Waals surface area contributed by atoms with Gasteiger partial charge in [0.1, 0.15) is 5.75 Å². The molecule has 0 fully saturated rings. The number of amides is 1. The lowest BCUT2D eigenvalue weighted by molar-refractivity contribution is -0.153. The van der Waals surface area contributed by atoms with Gasteiger partial charge in [0, 0.05) is 6.54 Å². The molecule has 0 radical (unpaired) electrons. The van der Waals surface area contributed by atoms with E-state index in [9.17, 15) is 9.59 Å². The van der Waals surface area contributed by atoms with Crippen LogP contribution >= 0.6 is 0 Å². The van der Waals surface area contributed by atoms with Crippen LogP contribution in [0, 0.1) is 5.92 Å². The van der Waals surface area contributed by atoms with E-state index in [0.717, 1.165) is 35.2 Å². The van der Waals surface area contributed by atoms with Crippen LogP contribution in [0.4, 0.5) is 5.95 Å². The molecule has 0 N–H and O–H groups in total. The van der Waals surface area contributed by atoms with Gasteiger partial charge in [0.05, 0.1) is 30.3 Å². The van der Waals surface area contributed by atoms with Crippen LogP contribution < -0.4 is 9.64 Å². The fraction of sp³-hybridized carbons (Fsp3) is 0.400.